The minimum atomic E-state index is -4.22. The van der Waals surface area contributed by atoms with Crippen LogP contribution in [0.5, 0.6) is 5.75 Å². The van der Waals surface area contributed by atoms with E-state index in [9.17, 15) is 24.4 Å². The van der Waals surface area contributed by atoms with Gasteiger partial charge in [-0.1, -0.05) is 18.2 Å². The fourth-order valence-electron chi connectivity index (χ4n) is 3.55. The predicted octanol–water partition coefficient (Wildman–Crippen LogP) is 1.04. The number of esters is 1. The van der Waals surface area contributed by atoms with Gasteiger partial charge in [-0.25, -0.2) is 9.36 Å². The molecule has 1 aliphatic heterocycles. The minimum absolute atomic E-state index is 0.123. The molecule has 14 heteroatoms. The summed E-state index contributed by atoms with van der Waals surface area (Å²) >= 11 is 0. The second kappa shape index (κ2) is 11.5. The molecule has 0 radical (unpaired) electrons. The maximum absolute atomic E-state index is 13.6. The molecule has 0 aliphatic carbocycles. The minimum Gasteiger partial charge on any atom is -0.465 e. The quantitative estimate of drug-likeness (QED) is 0.243. The summed E-state index contributed by atoms with van der Waals surface area (Å²) in [4.78, 5) is 28.3. The van der Waals surface area contributed by atoms with Gasteiger partial charge in [0.05, 0.1) is 13.2 Å². The maximum atomic E-state index is 13.6. The van der Waals surface area contributed by atoms with Crippen molar-refractivity contribution in [2.45, 2.75) is 50.8 Å². The van der Waals surface area contributed by atoms with Crippen LogP contribution in [0.1, 0.15) is 27.0 Å². The van der Waals surface area contributed by atoms with Gasteiger partial charge in [0.1, 0.15) is 35.4 Å². The lowest BCUT2D eigenvalue weighted by molar-refractivity contribution is -0.144. The summed E-state index contributed by atoms with van der Waals surface area (Å²) in [6, 6.07) is 8.58. The summed E-state index contributed by atoms with van der Waals surface area (Å²) in [6.07, 6.45) is -2.70. The molecule has 1 aromatic heterocycles. The van der Waals surface area contributed by atoms with E-state index < -0.39 is 56.1 Å². The van der Waals surface area contributed by atoms with Crippen LogP contribution in [0.3, 0.4) is 0 Å². The van der Waals surface area contributed by atoms with Crippen molar-refractivity contribution in [3.63, 3.8) is 0 Å². The molecule has 0 spiro atoms. The van der Waals surface area contributed by atoms with Crippen LogP contribution in [0, 0.1) is 0 Å². The highest BCUT2D eigenvalue weighted by Crippen LogP contribution is 2.46. The van der Waals surface area contributed by atoms with Crippen molar-refractivity contribution in [2.75, 3.05) is 25.6 Å². The fourth-order valence-corrected chi connectivity index (χ4v) is 5.05. The molecular formula is C22H31N4O9P. The van der Waals surface area contributed by atoms with Gasteiger partial charge in [0, 0.05) is 13.2 Å². The van der Waals surface area contributed by atoms with E-state index >= 15 is 0 Å². The Morgan fingerprint density at radius 3 is 2.64 bits per heavy atom. The Hall–Kier alpha value is -2.80. The van der Waals surface area contributed by atoms with Gasteiger partial charge in [-0.05, 0) is 39.0 Å². The number of benzene rings is 1. The third-order valence-electron chi connectivity index (χ3n) is 5.46. The van der Waals surface area contributed by atoms with Crippen LogP contribution < -0.4 is 20.6 Å². The van der Waals surface area contributed by atoms with Gasteiger partial charge in [-0.15, -0.1) is 0 Å². The number of hydrogen-bond acceptors (Lipinski definition) is 11. The first-order valence-corrected chi connectivity index (χ1v) is 12.8. The predicted molar refractivity (Wildman–Crippen MR) is 128 cm³/mol. The molecule has 198 valence electrons. The highest BCUT2D eigenvalue weighted by molar-refractivity contribution is 7.52. The molecule has 0 bridgehead atoms. The smallest absolute Gasteiger partial charge is 0.459 e. The molecule has 36 heavy (non-hydrogen) atoms. The second-order valence-electron chi connectivity index (χ2n) is 8.25. The summed E-state index contributed by atoms with van der Waals surface area (Å²) in [5.41, 5.74) is -2.64. The monoisotopic (exact) mass is 526 g/mol. The number of rotatable bonds is 11. The highest BCUT2D eigenvalue weighted by atomic mass is 31.2. The van der Waals surface area contributed by atoms with E-state index in [0.717, 1.165) is 4.57 Å². The van der Waals surface area contributed by atoms with E-state index in [1.807, 2.05) is 0 Å². The van der Waals surface area contributed by atoms with Crippen molar-refractivity contribution < 1.29 is 38.1 Å². The average Bonchev–Trinajstić information content (AvgIpc) is 3.06. The lowest BCUT2D eigenvalue weighted by Crippen LogP contribution is -2.46. The molecule has 2 aromatic rings. The third kappa shape index (κ3) is 6.30. The Morgan fingerprint density at radius 1 is 1.33 bits per heavy atom. The zero-order chi connectivity index (χ0) is 26.5. The topological polar surface area (TPSA) is 170 Å². The largest absolute Gasteiger partial charge is 0.465 e. The molecule has 0 amide bonds. The van der Waals surface area contributed by atoms with Gasteiger partial charge in [-0.3, -0.25) is 13.9 Å². The number of nitrogens with one attached hydrogen (secondary N) is 2. The summed E-state index contributed by atoms with van der Waals surface area (Å²) in [7, 11) is -2.63. The third-order valence-corrected chi connectivity index (χ3v) is 7.11. The number of hydrogen-bond donors (Lipinski definition) is 4. The van der Waals surface area contributed by atoms with Crippen LogP contribution in [0.15, 0.2) is 47.4 Å². The van der Waals surface area contributed by atoms with E-state index in [2.05, 4.69) is 15.4 Å². The van der Waals surface area contributed by atoms with Crippen LogP contribution in [0.4, 0.5) is 5.82 Å². The maximum Gasteiger partial charge on any atom is 0.459 e. The van der Waals surface area contributed by atoms with Crippen molar-refractivity contribution in [3.05, 3.63) is 53.1 Å². The molecular weight excluding hydrogens is 495 g/mol. The zero-order valence-electron chi connectivity index (χ0n) is 20.4. The van der Waals surface area contributed by atoms with E-state index in [1.165, 1.54) is 26.1 Å². The van der Waals surface area contributed by atoms with Gasteiger partial charge in [0.25, 0.3) is 0 Å². The summed E-state index contributed by atoms with van der Waals surface area (Å²) in [5, 5.41) is 26.9. The molecule has 0 saturated carbocycles. The summed E-state index contributed by atoms with van der Waals surface area (Å²) < 4.78 is 36.4. The van der Waals surface area contributed by atoms with E-state index in [-0.39, 0.29) is 12.4 Å². The van der Waals surface area contributed by atoms with Gasteiger partial charge in [0.2, 0.25) is 0 Å². The van der Waals surface area contributed by atoms with Crippen LogP contribution in [-0.2, 0) is 23.4 Å². The average molecular weight is 526 g/mol. The molecule has 1 fully saturated rings. The van der Waals surface area contributed by atoms with Crippen LogP contribution in [0.25, 0.3) is 0 Å². The van der Waals surface area contributed by atoms with Crippen molar-refractivity contribution in [1.82, 2.24) is 14.6 Å². The number of aliphatic hydroxyl groups is 2. The molecule has 1 aliphatic rings. The van der Waals surface area contributed by atoms with Gasteiger partial charge < -0.3 is 29.5 Å². The van der Waals surface area contributed by atoms with E-state index in [1.54, 1.807) is 44.3 Å². The zero-order valence-corrected chi connectivity index (χ0v) is 21.3. The molecule has 6 atom stereocenters. The van der Waals surface area contributed by atoms with Crippen molar-refractivity contribution in [1.29, 1.82) is 0 Å². The number of carbonyl (C=O) groups excluding carboxylic acids is 1. The molecule has 4 N–H and O–H groups in total. The number of aliphatic hydroxyl groups excluding tert-OH is 1. The summed E-state index contributed by atoms with van der Waals surface area (Å²) in [5.74, 6) is -0.158. The Morgan fingerprint density at radius 2 is 2.03 bits per heavy atom. The lowest BCUT2D eigenvalue weighted by atomic mass is 9.96. The Balaban J connectivity index is 1.79. The van der Waals surface area contributed by atoms with Gasteiger partial charge in [0.15, 0.2) is 6.23 Å². The molecule has 2 unspecified atom stereocenters. The number of carbonyl (C=O) groups is 1. The van der Waals surface area contributed by atoms with E-state index in [4.69, 9.17) is 18.5 Å². The first-order chi connectivity index (χ1) is 17.0. The Labute approximate surface area is 207 Å². The number of aromatic nitrogens is 2. The van der Waals surface area contributed by atoms with Crippen molar-refractivity contribution in [2.24, 2.45) is 0 Å². The summed E-state index contributed by atoms with van der Waals surface area (Å²) in [6.45, 7) is 3.96. The van der Waals surface area contributed by atoms with Gasteiger partial charge >= 0.3 is 19.4 Å². The highest BCUT2D eigenvalue weighted by Gasteiger charge is 2.54. The molecule has 2 heterocycles. The molecule has 1 aromatic carbocycles. The number of ether oxygens (including phenoxy) is 2. The van der Waals surface area contributed by atoms with E-state index in [0.29, 0.717) is 5.82 Å². The van der Waals surface area contributed by atoms with Crippen LogP contribution in [0.2, 0.25) is 0 Å². The number of nitrogens with zero attached hydrogens (tertiary/aromatic N) is 2. The molecule has 3 rings (SSSR count). The van der Waals surface area contributed by atoms with Crippen LogP contribution in [-0.4, -0.2) is 69.8 Å². The molecule has 1 saturated heterocycles. The van der Waals surface area contributed by atoms with Crippen molar-refractivity contribution in [3.8, 4) is 5.75 Å². The standard InChI is InChI=1S/C22H31N4O9P/c1-5-32-19(28)14(2)25-36(31,35-15-9-7-6-8-10-15)33-13-16-18(27)22(3,30)20(34-16)26-12-11-17(23-4)24-21(26)29/h6-12,14,16,18,20,27,30H,5,13H2,1-4H3,(H,25,31)(H,23,24,29)/t14-,16+,18?,20+,22+,36?/m0/s1. The molecule has 13 nitrogen and oxygen atoms in total. The van der Waals surface area contributed by atoms with Crippen molar-refractivity contribution >= 4 is 19.5 Å². The fraction of sp³-hybridized carbons (Fsp3) is 0.500. The lowest BCUT2D eigenvalue weighted by Gasteiger charge is -2.27. The first-order valence-electron chi connectivity index (χ1n) is 11.3. The number of para-hydroxylation sites is 1. The normalized spacial score (nSPS) is 26.1. The Bertz CT molecular complexity index is 1140. The Kier molecular flexibility index (Phi) is 8.88. The second-order valence-corrected chi connectivity index (χ2v) is 9.94. The van der Waals surface area contributed by atoms with Gasteiger partial charge in [-0.2, -0.15) is 10.1 Å². The SMILES string of the molecule is CCOC(=O)[C@H](C)NP(=O)(OC[C@H]1O[C@@H](n2ccc(NC)nc2=O)[C@](C)(O)C1O)Oc1ccccc1. The van der Waals surface area contributed by atoms with Crippen LogP contribution >= 0.6 is 7.75 Å². The first kappa shape index (κ1) is 27.8. The number of anilines is 1.